The van der Waals surface area contributed by atoms with Crippen molar-refractivity contribution in [3.8, 4) is 5.75 Å². The van der Waals surface area contributed by atoms with E-state index in [0.717, 1.165) is 18.7 Å². The Morgan fingerprint density at radius 3 is 2.57 bits per heavy atom. The first kappa shape index (κ1) is 19.7. The maximum absolute atomic E-state index is 10.9. The fraction of sp³-hybridized carbons (Fsp3) is 0.500. The first-order chi connectivity index (χ1) is 9.76. The highest BCUT2D eigenvalue weighted by molar-refractivity contribution is 5.85. The molecule has 0 amide bonds. The Kier molecular flexibility index (Phi) is 11.6. The van der Waals surface area contributed by atoms with Crippen molar-refractivity contribution in [3.63, 3.8) is 0 Å². The van der Waals surface area contributed by atoms with Crippen LogP contribution in [0.4, 0.5) is 0 Å². The van der Waals surface area contributed by atoms with Gasteiger partial charge in [-0.05, 0) is 17.7 Å². The van der Waals surface area contributed by atoms with Crippen molar-refractivity contribution >= 4 is 18.4 Å². The van der Waals surface area contributed by atoms with E-state index < -0.39 is 5.97 Å². The van der Waals surface area contributed by atoms with E-state index in [1.165, 1.54) is 7.11 Å². The van der Waals surface area contributed by atoms with Crippen molar-refractivity contribution in [1.29, 1.82) is 0 Å². The number of carbonyl (C=O) groups excluding carboxylic acids is 1. The third-order valence-corrected chi connectivity index (χ3v) is 2.50. The Balaban J connectivity index is 0.00000400. The summed E-state index contributed by atoms with van der Waals surface area (Å²) in [6.07, 6.45) is 0. The second kappa shape index (κ2) is 12.4. The van der Waals surface area contributed by atoms with Crippen LogP contribution in [0.15, 0.2) is 24.3 Å². The topological polar surface area (TPSA) is 77.0 Å². The molecule has 0 aliphatic heterocycles. The lowest BCUT2D eigenvalue weighted by molar-refractivity contribution is -0.142. The van der Waals surface area contributed by atoms with Gasteiger partial charge >= 0.3 is 5.97 Å². The van der Waals surface area contributed by atoms with Gasteiger partial charge in [0, 0.05) is 13.1 Å². The summed E-state index contributed by atoms with van der Waals surface area (Å²) in [5, 5.41) is 11.8. The molecule has 0 radical (unpaired) electrons. The highest BCUT2D eigenvalue weighted by atomic mass is 35.5. The van der Waals surface area contributed by atoms with Crippen LogP contribution in [0.3, 0.4) is 0 Å². The Hall–Kier alpha value is -1.34. The predicted octanol–water partition coefficient (Wildman–Crippen LogP) is 0.759. The van der Waals surface area contributed by atoms with E-state index in [9.17, 15) is 4.79 Å². The van der Waals surface area contributed by atoms with Gasteiger partial charge < -0.3 is 24.6 Å². The minimum Gasteiger partial charge on any atom is -0.482 e. The van der Waals surface area contributed by atoms with Crippen LogP contribution < -0.4 is 10.1 Å². The summed E-state index contributed by atoms with van der Waals surface area (Å²) < 4.78 is 14.9. The maximum atomic E-state index is 10.9. The van der Waals surface area contributed by atoms with E-state index in [2.05, 4.69) is 10.1 Å². The molecule has 0 bridgehead atoms. The Morgan fingerprint density at radius 2 is 1.95 bits per heavy atom. The van der Waals surface area contributed by atoms with Crippen molar-refractivity contribution in [2.45, 2.75) is 6.54 Å². The third-order valence-electron chi connectivity index (χ3n) is 2.50. The van der Waals surface area contributed by atoms with Gasteiger partial charge in [-0.25, -0.2) is 4.79 Å². The molecule has 0 aliphatic carbocycles. The van der Waals surface area contributed by atoms with Gasteiger partial charge in [-0.3, -0.25) is 0 Å². The second-order valence-electron chi connectivity index (χ2n) is 4.02. The predicted molar refractivity (Wildman–Crippen MR) is 80.8 cm³/mol. The van der Waals surface area contributed by atoms with E-state index in [1.807, 2.05) is 24.3 Å². The molecule has 7 heteroatoms. The number of ether oxygens (including phenoxy) is 3. The monoisotopic (exact) mass is 319 g/mol. The zero-order valence-corrected chi connectivity index (χ0v) is 12.9. The second-order valence-corrected chi connectivity index (χ2v) is 4.02. The molecule has 2 N–H and O–H groups in total. The Labute approximate surface area is 130 Å². The fourth-order valence-corrected chi connectivity index (χ4v) is 1.45. The lowest BCUT2D eigenvalue weighted by Crippen LogP contribution is -2.20. The number of halogens is 1. The molecule has 1 aromatic carbocycles. The summed E-state index contributed by atoms with van der Waals surface area (Å²) in [6, 6.07) is 7.47. The molecule has 0 atom stereocenters. The van der Waals surface area contributed by atoms with Gasteiger partial charge in [0.25, 0.3) is 0 Å². The van der Waals surface area contributed by atoms with Crippen LogP contribution in [-0.2, 0) is 20.8 Å². The van der Waals surface area contributed by atoms with Gasteiger partial charge in [-0.2, -0.15) is 0 Å². The molecule has 0 saturated heterocycles. The summed E-state index contributed by atoms with van der Waals surface area (Å²) in [7, 11) is 1.32. The number of methoxy groups -OCH3 is 1. The Morgan fingerprint density at radius 1 is 1.24 bits per heavy atom. The molecule has 0 unspecified atom stereocenters. The van der Waals surface area contributed by atoms with Gasteiger partial charge in [0.15, 0.2) is 6.61 Å². The lowest BCUT2D eigenvalue weighted by Gasteiger charge is -2.07. The average molecular weight is 320 g/mol. The summed E-state index contributed by atoms with van der Waals surface area (Å²) in [5.74, 6) is 0.226. The van der Waals surface area contributed by atoms with Crippen molar-refractivity contribution in [2.24, 2.45) is 0 Å². The van der Waals surface area contributed by atoms with Crippen LogP contribution in [0.2, 0.25) is 0 Å². The van der Waals surface area contributed by atoms with E-state index in [0.29, 0.717) is 19.0 Å². The van der Waals surface area contributed by atoms with E-state index in [1.54, 1.807) is 0 Å². The van der Waals surface area contributed by atoms with Crippen LogP contribution in [0, 0.1) is 0 Å². The minimum absolute atomic E-state index is 0. The highest BCUT2D eigenvalue weighted by Crippen LogP contribution is 2.11. The van der Waals surface area contributed by atoms with Crippen molar-refractivity contribution in [3.05, 3.63) is 29.8 Å². The Bertz CT molecular complexity index is 385. The van der Waals surface area contributed by atoms with Crippen molar-refractivity contribution in [1.82, 2.24) is 5.32 Å². The third kappa shape index (κ3) is 9.25. The standard InChI is InChI=1S/C14H21NO5.ClH/c1-18-14(17)11-20-13-4-2-12(3-5-13)10-15-6-8-19-9-7-16;/h2-5,15-16H,6-11H2,1H3;1H. The summed E-state index contributed by atoms with van der Waals surface area (Å²) in [5.41, 5.74) is 1.11. The number of rotatable bonds is 10. The normalized spacial score (nSPS) is 9.81. The highest BCUT2D eigenvalue weighted by Gasteiger charge is 2.01. The van der Waals surface area contributed by atoms with Crippen LogP contribution in [-0.4, -0.2) is 51.2 Å². The molecule has 1 aromatic rings. The molecule has 1 rings (SSSR count). The quantitative estimate of drug-likeness (QED) is 0.490. The molecule has 0 spiro atoms. The molecule has 0 aliphatic rings. The first-order valence-electron chi connectivity index (χ1n) is 6.44. The zero-order valence-electron chi connectivity index (χ0n) is 12.0. The molecule has 21 heavy (non-hydrogen) atoms. The lowest BCUT2D eigenvalue weighted by atomic mass is 10.2. The van der Waals surface area contributed by atoms with Crippen molar-refractivity contribution < 1.29 is 24.1 Å². The van der Waals surface area contributed by atoms with Gasteiger partial charge in [0.1, 0.15) is 5.75 Å². The van der Waals surface area contributed by atoms with Crippen LogP contribution in [0.25, 0.3) is 0 Å². The van der Waals surface area contributed by atoms with Crippen molar-refractivity contribution in [2.75, 3.05) is 40.1 Å². The number of nitrogens with one attached hydrogen (secondary N) is 1. The van der Waals surface area contributed by atoms with Gasteiger partial charge in [0.05, 0.1) is 26.9 Å². The van der Waals surface area contributed by atoms with Crippen LogP contribution in [0.1, 0.15) is 5.56 Å². The number of benzene rings is 1. The molecular weight excluding hydrogens is 298 g/mol. The molecule has 0 saturated carbocycles. The van der Waals surface area contributed by atoms with Gasteiger partial charge in [-0.1, -0.05) is 12.1 Å². The summed E-state index contributed by atoms with van der Waals surface area (Å²) in [4.78, 5) is 10.9. The SMILES string of the molecule is COC(=O)COc1ccc(CNCCOCCO)cc1.Cl. The number of carbonyl (C=O) groups is 1. The van der Waals surface area contributed by atoms with Gasteiger partial charge in [0.2, 0.25) is 0 Å². The number of hydrogen-bond acceptors (Lipinski definition) is 6. The van der Waals surface area contributed by atoms with Crippen LogP contribution >= 0.6 is 12.4 Å². The average Bonchev–Trinajstić information content (AvgIpc) is 2.49. The number of aliphatic hydroxyl groups excluding tert-OH is 1. The molecule has 0 fully saturated rings. The largest absolute Gasteiger partial charge is 0.482 e. The van der Waals surface area contributed by atoms with E-state index in [4.69, 9.17) is 14.6 Å². The number of hydrogen-bond donors (Lipinski definition) is 2. The van der Waals surface area contributed by atoms with E-state index >= 15 is 0 Å². The first-order valence-corrected chi connectivity index (χ1v) is 6.44. The fourth-order valence-electron chi connectivity index (χ4n) is 1.45. The molecule has 6 nitrogen and oxygen atoms in total. The molecule has 120 valence electrons. The zero-order chi connectivity index (χ0) is 14.6. The molecular formula is C14H22ClNO5. The van der Waals surface area contributed by atoms with E-state index in [-0.39, 0.29) is 25.6 Å². The minimum atomic E-state index is -0.404. The molecule has 0 aromatic heterocycles. The van der Waals surface area contributed by atoms with Gasteiger partial charge in [-0.15, -0.1) is 12.4 Å². The summed E-state index contributed by atoms with van der Waals surface area (Å²) in [6.45, 7) is 2.35. The summed E-state index contributed by atoms with van der Waals surface area (Å²) >= 11 is 0. The maximum Gasteiger partial charge on any atom is 0.343 e. The smallest absolute Gasteiger partial charge is 0.343 e. The number of esters is 1. The van der Waals surface area contributed by atoms with Crippen LogP contribution in [0.5, 0.6) is 5.75 Å². The molecule has 0 heterocycles. The number of aliphatic hydroxyl groups is 1.